The first-order chi connectivity index (χ1) is 7.15. The van der Waals surface area contributed by atoms with Crippen molar-refractivity contribution in [1.29, 1.82) is 0 Å². The van der Waals surface area contributed by atoms with Gasteiger partial charge in [-0.05, 0) is 30.9 Å². The minimum Gasteiger partial charge on any atom is -0.402 e. The monoisotopic (exact) mass is 201 g/mol. The van der Waals surface area contributed by atoms with Crippen molar-refractivity contribution in [1.82, 2.24) is 0 Å². The summed E-state index contributed by atoms with van der Waals surface area (Å²) in [7, 11) is 0. The predicted molar refractivity (Wildman–Crippen MR) is 60.4 cm³/mol. The Morgan fingerprint density at radius 3 is 2.80 bits per heavy atom. The van der Waals surface area contributed by atoms with Crippen LogP contribution in [0.4, 0.5) is 0 Å². The lowest BCUT2D eigenvalue weighted by molar-refractivity contribution is -0.115. The van der Waals surface area contributed by atoms with E-state index in [1.165, 1.54) is 11.1 Å². The molecule has 2 N–H and O–H groups in total. The Balaban J connectivity index is 2.26. The summed E-state index contributed by atoms with van der Waals surface area (Å²) in [5.41, 5.74) is 8.89. The zero-order valence-electron chi connectivity index (χ0n) is 8.86. The Kier molecular flexibility index (Phi) is 2.58. The number of aryl methyl sites for hydroxylation is 1. The first kappa shape index (κ1) is 9.97. The van der Waals surface area contributed by atoms with Crippen molar-refractivity contribution < 1.29 is 4.79 Å². The lowest BCUT2D eigenvalue weighted by Gasteiger charge is -2.20. The molecule has 2 heteroatoms. The Labute approximate surface area is 89.8 Å². The van der Waals surface area contributed by atoms with Gasteiger partial charge in [0.25, 0.3) is 0 Å². The quantitative estimate of drug-likeness (QED) is 0.757. The fraction of sp³-hybridized carbons (Fsp3) is 0.308. The fourth-order valence-electron chi connectivity index (χ4n) is 2.08. The van der Waals surface area contributed by atoms with Crippen LogP contribution in [0.5, 0.6) is 0 Å². The summed E-state index contributed by atoms with van der Waals surface area (Å²) >= 11 is 0. The summed E-state index contributed by atoms with van der Waals surface area (Å²) in [6, 6.07) is 8.30. The van der Waals surface area contributed by atoms with E-state index in [1.54, 1.807) is 6.08 Å². The Bertz CT molecular complexity index is 420. The van der Waals surface area contributed by atoms with E-state index in [9.17, 15) is 4.79 Å². The topological polar surface area (TPSA) is 43.1 Å². The molecule has 0 radical (unpaired) electrons. The lowest BCUT2D eigenvalue weighted by atomic mass is 9.85. The van der Waals surface area contributed by atoms with Gasteiger partial charge in [0, 0.05) is 12.1 Å². The minimum absolute atomic E-state index is 0.144. The van der Waals surface area contributed by atoms with Gasteiger partial charge in [0.15, 0.2) is 5.78 Å². The average Bonchev–Trinajstić information content (AvgIpc) is 2.16. The molecule has 15 heavy (non-hydrogen) atoms. The largest absolute Gasteiger partial charge is 0.402 e. The summed E-state index contributed by atoms with van der Waals surface area (Å²) in [6.45, 7) is 2.06. The molecule has 0 heterocycles. The SMILES string of the molecule is Cc1cccc(C2CC(=O)C=C(N)C2)c1. The van der Waals surface area contributed by atoms with Gasteiger partial charge in [0.1, 0.15) is 0 Å². The van der Waals surface area contributed by atoms with Crippen molar-refractivity contribution in [2.75, 3.05) is 0 Å². The van der Waals surface area contributed by atoms with Crippen LogP contribution in [0.15, 0.2) is 36.0 Å². The van der Waals surface area contributed by atoms with Crippen molar-refractivity contribution in [2.24, 2.45) is 5.73 Å². The molecular weight excluding hydrogens is 186 g/mol. The normalized spacial score (nSPS) is 21.3. The van der Waals surface area contributed by atoms with Crippen molar-refractivity contribution in [3.05, 3.63) is 47.2 Å². The van der Waals surface area contributed by atoms with Gasteiger partial charge < -0.3 is 5.73 Å². The van der Waals surface area contributed by atoms with Crippen LogP contribution < -0.4 is 5.73 Å². The van der Waals surface area contributed by atoms with Crippen LogP contribution in [0.3, 0.4) is 0 Å². The fourth-order valence-corrected chi connectivity index (χ4v) is 2.08. The molecule has 1 aliphatic rings. The van der Waals surface area contributed by atoms with E-state index in [-0.39, 0.29) is 11.7 Å². The molecule has 1 unspecified atom stereocenters. The van der Waals surface area contributed by atoms with E-state index in [0.717, 1.165) is 6.42 Å². The summed E-state index contributed by atoms with van der Waals surface area (Å²) in [4.78, 5) is 11.4. The molecule has 2 rings (SSSR count). The molecule has 0 aliphatic heterocycles. The molecule has 0 aromatic heterocycles. The molecule has 78 valence electrons. The van der Waals surface area contributed by atoms with Crippen molar-refractivity contribution >= 4 is 5.78 Å². The molecule has 1 aromatic rings. The lowest BCUT2D eigenvalue weighted by Crippen LogP contribution is -2.16. The van der Waals surface area contributed by atoms with Crippen LogP contribution in [0, 0.1) is 6.92 Å². The maximum absolute atomic E-state index is 11.4. The van der Waals surface area contributed by atoms with E-state index in [1.807, 2.05) is 6.07 Å². The van der Waals surface area contributed by atoms with Crippen molar-refractivity contribution in [2.45, 2.75) is 25.7 Å². The maximum Gasteiger partial charge on any atom is 0.158 e. The number of carbonyl (C=O) groups is 1. The molecule has 0 saturated carbocycles. The Morgan fingerprint density at radius 1 is 1.33 bits per heavy atom. The van der Waals surface area contributed by atoms with Crippen LogP contribution in [0.25, 0.3) is 0 Å². The third kappa shape index (κ3) is 2.27. The average molecular weight is 201 g/mol. The van der Waals surface area contributed by atoms with Crippen LogP contribution in [0.1, 0.15) is 29.9 Å². The summed E-state index contributed by atoms with van der Waals surface area (Å²) in [5.74, 6) is 0.410. The molecule has 0 spiro atoms. The summed E-state index contributed by atoms with van der Waals surface area (Å²) in [5, 5.41) is 0. The maximum atomic E-state index is 11.4. The number of benzene rings is 1. The van der Waals surface area contributed by atoms with Gasteiger partial charge in [-0.15, -0.1) is 0 Å². The van der Waals surface area contributed by atoms with E-state index in [4.69, 9.17) is 5.73 Å². The Morgan fingerprint density at radius 2 is 2.13 bits per heavy atom. The molecule has 0 amide bonds. The van der Waals surface area contributed by atoms with Crippen LogP contribution in [0.2, 0.25) is 0 Å². The van der Waals surface area contributed by atoms with Crippen molar-refractivity contribution in [3.8, 4) is 0 Å². The highest BCUT2D eigenvalue weighted by molar-refractivity contribution is 5.91. The molecule has 1 aliphatic carbocycles. The van der Waals surface area contributed by atoms with Gasteiger partial charge in [0.05, 0.1) is 0 Å². The highest BCUT2D eigenvalue weighted by Gasteiger charge is 2.20. The molecule has 1 aromatic carbocycles. The highest BCUT2D eigenvalue weighted by atomic mass is 16.1. The van der Waals surface area contributed by atoms with Gasteiger partial charge in [0.2, 0.25) is 0 Å². The second kappa shape index (κ2) is 3.89. The predicted octanol–water partition coefficient (Wildman–Crippen LogP) is 2.28. The highest BCUT2D eigenvalue weighted by Crippen LogP contribution is 2.29. The van der Waals surface area contributed by atoms with Crippen LogP contribution >= 0.6 is 0 Å². The number of hydrogen-bond donors (Lipinski definition) is 1. The van der Waals surface area contributed by atoms with E-state index in [0.29, 0.717) is 12.1 Å². The summed E-state index contributed by atoms with van der Waals surface area (Å²) in [6.07, 6.45) is 2.95. The minimum atomic E-state index is 0.144. The third-order valence-corrected chi connectivity index (χ3v) is 2.79. The zero-order valence-corrected chi connectivity index (χ0v) is 8.86. The first-order valence-corrected chi connectivity index (χ1v) is 5.20. The summed E-state index contributed by atoms with van der Waals surface area (Å²) < 4.78 is 0. The number of carbonyl (C=O) groups excluding carboxylic acids is 1. The standard InChI is InChI=1S/C13H15NO/c1-9-3-2-4-10(5-9)11-6-12(14)8-13(15)7-11/h2-5,8,11H,6-7,14H2,1H3. The molecular formula is C13H15NO. The first-order valence-electron chi connectivity index (χ1n) is 5.20. The van der Waals surface area contributed by atoms with Gasteiger partial charge in [-0.1, -0.05) is 29.8 Å². The number of nitrogens with two attached hydrogens (primary N) is 1. The van der Waals surface area contributed by atoms with Gasteiger partial charge in [-0.25, -0.2) is 0 Å². The molecule has 1 atom stereocenters. The second-order valence-corrected chi connectivity index (χ2v) is 4.20. The van der Waals surface area contributed by atoms with E-state index >= 15 is 0 Å². The number of allylic oxidation sites excluding steroid dienone is 2. The Hall–Kier alpha value is -1.57. The van der Waals surface area contributed by atoms with Crippen LogP contribution in [-0.4, -0.2) is 5.78 Å². The van der Waals surface area contributed by atoms with E-state index < -0.39 is 0 Å². The molecule has 2 nitrogen and oxygen atoms in total. The molecule has 0 fully saturated rings. The van der Waals surface area contributed by atoms with Crippen LogP contribution in [-0.2, 0) is 4.79 Å². The van der Waals surface area contributed by atoms with Crippen molar-refractivity contribution in [3.63, 3.8) is 0 Å². The number of hydrogen-bond acceptors (Lipinski definition) is 2. The van der Waals surface area contributed by atoms with Gasteiger partial charge in [-0.2, -0.15) is 0 Å². The van der Waals surface area contributed by atoms with Gasteiger partial charge in [-0.3, -0.25) is 4.79 Å². The molecule has 0 bridgehead atoms. The molecule has 0 saturated heterocycles. The smallest absolute Gasteiger partial charge is 0.158 e. The van der Waals surface area contributed by atoms with Gasteiger partial charge >= 0.3 is 0 Å². The number of rotatable bonds is 1. The number of ketones is 1. The zero-order chi connectivity index (χ0) is 10.8. The van der Waals surface area contributed by atoms with E-state index in [2.05, 4.69) is 25.1 Å². The third-order valence-electron chi connectivity index (χ3n) is 2.79. The second-order valence-electron chi connectivity index (χ2n) is 4.20.